The van der Waals surface area contributed by atoms with Crippen molar-refractivity contribution in [1.29, 1.82) is 0 Å². The van der Waals surface area contributed by atoms with Gasteiger partial charge in [-0.2, -0.15) is 0 Å². The number of H-pyrrole nitrogens is 1. The summed E-state index contributed by atoms with van der Waals surface area (Å²) in [4.78, 5) is 40.2. The van der Waals surface area contributed by atoms with E-state index in [1.165, 1.54) is 6.92 Å². The van der Waals surface area contributed by atoms with Crippen LogP contribution in [0.5, 0.6) is 0 Å². The molecule has 0 radical (unpaired) electrons. The molecule has 0 saturated carbocycles. The number of hydrogen-bond acceptors (Lipinski definition) is 5. The summed E-state index contributed by atoms with van der Waals surface area (Å²) in [6.07, 6.45) is -0.996. The molecule has 0 aliphatic heterocycles. The van der Waals surface area contributed by atoms with Crippen LogP contribution in [0.3, 0.4) is 0 Å². The molecule has 2 aromatic rings. The first-order chi connectivity index (χ1) is 12.7. The molecule has 0 amide bonds. The minimum Gasteiger partial charge on any atom is -0.462 e. The summed E-state index contributed by atoms with van der Waals surface area (Å²) in [7, 11) is 0. The lowest BCUT2D eigenvalue weighted by atomic mass is 10.0. The fraction of sp³-hybridized carbons (Fsp3) is 0.381. The van der Waals surface area contributed by atoms with E-state index < -0.39 is 23.8 Å². The van der Waals surface area contributed by atoms with Gasteiger partial charge in [-0.25, -0.2) is 9.59 Å². The molecule has 1 atom stereocenters. The summed E-state index contributed by atoms with van der Waals surface area (Å²) in [5.74, 6) is -1.43. The van der Waals surface area contributed by atoms with E-state index in [1.807, 2.05) is 26.0 Å². The van der Waals surface area contributed by atoms with E-state index >= 15 is 0 Å². The van der Waals surface area contributed by atoms with Crippen molar-refractivity contribution in [2.45, 2.75) is 47.6 Å². The van der Waals surface area contributed by atoms with Crippen molar-refractivity contribution in [2.24, 2.45) is 0 Å². The number of aromatic amines is 1. The Kier molecular flexibility index (Phi) is 6.20. The van der Waals surface area contributed by atoms with Crippen LogP contribution < -0.4 is 0 Å². The molecule has 0 spiro atoms. The highest BCUT2D eigenvalue weighted by molar-refractivity contribution is 6.04. The molecule has 1 aromatic carbocycles. The van der Waals surface area contributed by atoms with Crippen molar-refractivity contribution in [3.63, 3.8) is 0 Å². The topological polar surface area (TPSA) is 85.5 Å². The summed E-state index contributed by atoms with van der Waals surface area (Å²) in [5.41, 5.74) is 3.77. The maximum absolute atomic E-state index is 12.8. The Bertz CT molecular complexity index is 894. The van der Waals surface area contributed by atoms with Crippen LogP contribution in [0.25, 0.3) is 0 Å². The van der Waals surface area contributed by atoms with Crippen LogP contribution in [0, 0.1) is 27.7 Å². The smallest absolute Gasteiger partial charge is 0.340 e. The molecular weight excluding hydrogens is 346 g/mol. The van der Waals surface area contributed by atoms with Crippen molar-refractivity contribution in [3.8, 4) is 0 Å². The third kappa shape index (κ3) is 4.27. The van der Waals surface area contributed by atoms with E-state index in [1.54, 1.807) is 26.8 Å². The first-order valence-electron chi connectivity index (χ1n) is 8.86. The van der Waals surface area contributed by atoms with Gasteiger partial charge < -0.3 is 14.5 Å². The third-order valence-corrected chi connectivity index (χ3v) is 4.43. The standard InChI is InChI=1S/C21H25NO5/c1-7-26-21(25)17-13(4)18(22-14(17)5)19(23)15(6)27-20(24)16-10-11(2)8-9-12(16)3/h8-10,15,22H,7H2,1-6H3/t15-/m0/s1. The van der Waals surface area contributed by atoms with Gasteiger partial charge in [0, 0.05) is 5.69 Å². The van der Waals surface area contributed by atoms with Gasteiger partial charge in [0.05, 0.1) is 23.4 Å². The number of aryl methyl sites for hydroxylation is 3. The Labute approximate surface area is 158 Å². The number of esters is 2. The molecule has 1 N–H and O–H groups in total. The van der Waals surface area contributed by atoms with Crippen LogP contribution in [0.1, 0.15) is 67.4 Å². The minimum atomic E-state index is -0.996. The summed E-state index contributed by atoms with van der Waals surface area (Å²) >= 11 is 0. The van der Waals surface area contributed by atoms with Crippen molar-refractivity contribution in [2.75, 3.05) is 6.61 Å². The molecule has 0 unspecified atom stereocenters. The van der Waals surface area contributed by atoms with Gasteiger partial charge in [0.15, 0.2) is 6.10 Å². The molecule has 0 bridgehead atoms. The largest absolute Gasteiger partial charge is 0.462 e. The molecule has 1 heterocycles. The molecule has 0 saturated heterocycles. The number of hydrogen-bond donors (Lipinski definition) is 1. The van der Waals surface area contributed by atoms with E-state index in [4.69, 9.17) is 9.47 Å². The summed E-state index contributed by atoms with van der Waals surface area (Å²) < 4.78 is 10.4. The first-order valence-corrected chi connectivity index (χ1v) is 8.86. The van der Waals surface area contributed by atoms with Crippen molar-refractivity contribution >= 4 is 17.7 Å². The minimum absolute atomic E-state index is 0.246. The lowest BCUT2D eigenvalue weighted by molar-refractivity contribution is 0.0316. The van der Waals surface area contributed by atoms with Crippen LogP contribution in [0.15, 0.2) is 18.2 Å². The van der Waals surface area contributed by atoms with Crippen LogP contribution in [0.2, 0.25) is 0 Å². The first kappa shape index (κ1) is 20.4. The zero-order chi connectivity index (χ0) is 20.3. The predicted molar refractivity (Wildman–Crippen MR) is 101 cm³/mol. The van der Waals surface area contributed by atoms with Gasteiger partial charge in [0.25, 0.3) is 0 Å². The van der Waals surface area contributed by atoms with Gasteiger partial charge in [-0.3, -0.25) is 4.79 Å². The van der Waals surface area contributed by atoms with Crippen LogP contribution in [-0.4, -0.2) is 35.4 Å². The number of aromatic nitrogens is 1. The number of rotatable bonds is 6. The fourth-order valence-corrected chi connectivity index (χ4v) is 2.94. The zero-order valence-electron chi connectivity index (χ0n) is 16.6. The lowest BCUT2D eigenvalue weighted by Gasteiger charge is -2.14. The Morgan fingerprint density at radius 2 is 1.74 bits per heavy atom. The van der Waals surface area contributed by atoms with Gasteiger partial charge in [-0.1, -0.05) is 17.7 Å². The number of benzene rings is 1. The second kappa shape index (κ2) is 8.20. The number of ether oxygens (including phenoxy) is 2. The van der Waals surface area contributed by atoms with E-state index in [-0.39, 0.29) is 12.3 Å². The average Bonchev–Trinajstić information content (AvgIpc) is 2.90. The van der Waals surface area contributed by atoms with Gasteiger partial charge >= 0.3 is 11.9 Å². The average molecular weight is 371 g/mol. The fourth-order valence-electron chi connectivity index (χ4n) is 2.94. The molecule has 0 fully saturated rings. The maximum atomic E-state index is 12.8. The molecule has 144 valence electrons. The summed E-state index contributed by atoms with van der Waals surface area (Å²) in [6, 6.07) is 5.48. The van der Waals surface area contributed by atoms with Gasteiger partial charge in [0.1, 0.15) is 0 Å². The van der Waals surface area contributed by atoms with E-state index in [2.05, 4.69) is 4.98 Å². The number of Topliss-reactive ketones (excluding diaryl/α,β-unsaturated/α-hetero) is 1. The van der Waals surface area contributed by atoms with Crippen LogP contribution in [0.4, 0.5) is 0 Å². The molecule has 6 nitrogen and oxygen atoms in total. The summed E-state index contributed by atoms with van der Waals surface area (Å²) in [5, 5.41) is 0. The highest BCUT2D eigenvalue weighted by atomic mass is 16.5. The molecule has 0 aliphatic rings. The van der Waals surface area contributed by atoms with Crippen molar-refractivity contribution < 1.29 is 23.9 Å². The summed E-state index contributed by atoms with van der Waals surface area (Å²) in [6.45, 7) is 10.5. The normalized spacial score (nSPS) is 11.8. The van der Waals surface area contributed by atoms with Gasteiger partial charge in [-0.15, -0.1) is 0 Å². The highest BCUT2D eigenvalue weighted by Crippen LogP contribution is 2.21. The van der Waals surface area contributed by atoms with Gasteiger partial charge in [-0.05, 0) is 58.7 Å². The molecular formula is C21H25NO5. The third-order valence-electron chi connectivity index (χ3n) is 4.43. The molecule has 1 aromatic heterocycles. The maximum Gasteiger partial charge on any atom is 0.340 e. The van der Waals surface area contributed by atoms with E-state index in [9.17, 15) is 14.4 Å². The van der Waals surface area contributed by atoms with Crippen molar-refractivity contribution in [3.05, 3.63) is 57.4 Å². The zero-order valence-corrected chi connectivity index (χ0v) is 16.6. The Morgan fingerprint density at radius 3 is 2.37 bits per heavy atom. The second-order valence-corrected chi connectivity index (χ2v) is 6.58. The highest BCUT2D eigenvalue weighted by Gasteiger charge is 2.28. The Balaban J connectivity index is 2.23. The van der Waals surface area contributed by atoms with E-state index in [0.717, 1.165) is 11.1 Å². The Morgan fingerprint density at radius 1 is 1.07 bits per heavy atom. The molecule has 6 heteroatoms. The SMILES string of the molecule is CCOC(=O)c1c(C)[nH]c(C(=O)[C@H](C)OC(=O)c2cc(C)ccc2C)c1C. The monoisotopic (exact) mass is 371 g/mol. The number of ketones is 1. The number of carbonyl (C=O) groups is 3. The molecule has 2 rings (SSSR count). The number of carbonyl (C=O) groups excluding carboxylic acids is 3. The number of nitrogens with one attached hydrogen (secondary N) is 1. The van der Waals surface area contributed by atoms with Gasteiger partial charge in [0.2, 0.25) is 5.78 Å². The molecule has 0 aliphatic carbocycles. The predicted octanol–water partition coefficient (Wildman–Crippen LogP) is 3.85. The second-order valence-electron chi connectivity index (χ2n) is 6.58. The van der Waals surface area contributed by atoms with E-state index in [0.29, 0.717) is 22.4 Å². The Hall–Kier alpha value is -2.89. The quantitative estimate of drug-likeness (QED) is 0.616. The molecule has 27 heavy (non-hydrogen) atoms. The lowest BCUT2D eigenvalue weighted by Crippen LogP contribution is -2.25. The van der Waals surface area contributed by atoms with Crippen LogP contribution >= 0.6 is 0 Å². The van der Waals surface area contributed by atoms with Crippen molar-refractivity contribution in [1.82, 2.24) is 4.98 Å². The van der Waals surface area contributed by atoms with Crippen LogP contribution in [-0.2, 0) is 9.47 Å².